The number of aryl methyl sites for hydroxylation is 1. The number of benzene rings is 1. The maximum absolute atomic E-state index is 13.8. The van der Waals surface area contributed by atoms with Crippen LogP contribution in [0.25, 0.3) is 0 Å². The Morgan fingerprint density at radius 3 is 2.61 bits per heavy atom. The van der Waals surface area contributed by atoms with Crippen LogP contribution in [-0.4, -0.2) is 31.6 Å². The number of sulfonamides is 1. The highest BCUT2D eigenvalue weighted by molar-refractivity contribution is 7.92. The summed E-state index contributed by atoms with van der Waals surface area (Å²) in [6.07, 6.45) is 0. The number of aromatic carboxylic acids is 1. The first-order valence-electron chi connectivity index (χ1n) is 6.32. The van der Waals surface area contributed by atoms with Crippen molar-refractivity contribution in [2.45, 2.75) is 11.9 Å². The molecule has 0 aliphatic heterocycles. The lowest BCUT2D eigenvalue weighted by Crippen LogP contribution is -2.16. The second kappa shape index (κ2) is 6.21. The van der Waals surface area contributed by atoms with Crippen molar-refractivity contribution in [3.8, 4) is 5.75 Å². The average molecular weight is 340 g/mol. The third-order valence-electron chi connectivity index (χ3n) is 2.90. The minimum absolute atomic E-state index is 0.125. The van der Waals surface area contributed by atoms with Crippen molar-refractivity contribution >= 4 is 21.7 Å². The van der Waals surface area contributed by atoms with Gasteiger partial charge in [-0.3, -0.25) is 4.72 Å². The van der Waals surface area contributed by atoms with Crippen LogP contribution in [0.3, 0.4) is 0 Å². The van der Waals surface area contributed by atoms with E-state index in [1.165, 1.54) is 19.2 Å². The molecule has 2 N–H and O–H groups in total. The van der Waals surface area contributed by atoms with E-state index in [1.807, 2.05) is 0 Å². The fourth-order valence-corrected chi connectivity index (χ4v) is 2.91. The van der Waals surface area contributed by atoms with Gasteiger partial charge in [-0.1, -0.05) is 6.07 Å². The van der Waals surface area contributed by atoms with Crippen molar-refractivity contribution in [2.24, 2.45) is 0 Å². The summed E-state index contributed by atoms with van der Waals surface area (Å²) in [5, 5.41) is 8.63. The molecule has 0 atom stereocenters. The van der Waals surface area contributed by atoms with Crippen LogP contribution in [0.2, 0.25) is 0 Å². The number of anilines is 1. The number of hydrogen-bond donors (Lipinski definition) is 2. The number of carboxylic acid groups (broad SMARTS) is 1. The zero-order chi connectivity index (χ0) is 17.2. The number of methoxy groups -OCH3 is 1. The van der Waals surface area contributed by atoms with E-state index in [4.69, 9.17) is 9.84 Å². The van der Waals surface area contributed by atoms with Crippen molar-refractivity contribution in [1.82, 2.24) is 4.98 Å². The van der Waals surface area contributed by atoms with Gasteiger partial charge in [0.25, 0.3) is 10.0 Å². The van der Waals surface area contributed by atoms with Gasteiger partial charge in [-0.05, 0) is 25.1 Å². The number of halogens is 1. The first-order valence-corrected chi connectivity index (χ1v) is 7.80. The zero-order valence-electron chi connectivity index (χ0n) is 12.2. The zero-order valence-corrected chi connectivity index (χ0v) is 13.0. The number of nitrogens with zero attached hydrogens (tertiary/aromatic N) is 1. The first-order chi connectivity index (χ1) is 10.7. The molecule has 0 unspecified atom stereocenters. The molecule has 0 saturated carbocycles. The summed E-state index contributed by atoms with van der Waals surface area (Å²) < 4.78 is 45.4. The van der Waals surface area contributed by atoms with E-state index in [1.54, 1.807) is 13.0 Å². The van der Waals surface area contributed by atoms with Gasteiger partial charge in [0.2, 0.25) is 0 Å². The lowest BCUT2D eigenvalue weighted by Gasteiger charge is -2.13. The smallest absolute Gasteiger partial charge is 0.338 e. The summed E-state index contributed by atoms with van der Waals surface area (Å²) in [5.74, 6) is -2.70. The summed E-state index contributed by atoms with van der Waals surface area (Å²) in [4.78, 5) is 14.8. The number of ether oxygens (including phenoxy) is 1. The molecule has 1 heterocycles. The molecule has 0 bridgehead atoms. The maximum Gasteiger partial charge on any atom is 0.338 e. The molecule has 0 amide bonds. The third kappa shape index (κ3) is 3.57. The minimum atomic E-state index is -4.07. The third-order valence-corrected chi connectivity index (χ3v) is 4.17. The lowest BCUT2D eigenvalue weighted by atomic mass is 10.2. The van der Waals surface area contributed by atoms with Crippen LogP contribution in [0.15, 0.2) is 35.4 Å². The maximum atomic E-state index is 13.8. The number of carbonyl (C=O) groups is 1. The number of hydrogen-bond acceptors (Lipinski definition) is 5. The van der Waals surface area contributed by atoms with E-state index in [-0.39, 0.29) is 16.5 Å². The van der Waals surface area contributed by atoms with Gasteiger partial charge in [-0.2, -0.15) is 8.42 Å². The van der Waals surface area contributed by atoms with Crippen LogP contribution in [0.4, 0.5) is 10.1 Å². The lowest BCUT2D eigenvalue weighted by molar-refractivity contribution is 0.0691. The minimum Gasteiger partial charge on any atom is -0.495 e. The molecule has 7 nitrogen and oxygen atoms in total. The fourth-order valence-electron chi connectivity index (χ4n) is 1.83. The van der Waals surface area contributed by atoms with Crippen LogP contribution >= 0.6 is 0 Å². The quantitative estimate of drug-likeness (QED) is 0.863. The second-order valence-corrected chi connectivity index (χ2v) is 6.19. The Labute approximate surface area is 131 Å². The Kier molecular flexibility index (Phi) is 4.50. The van der Waals surface area contributed by atoms with Crippen molar-refractivity contribution < 1.29 is 27.4 Å². The van der Waals surface area contributed by atoms with E-state index in [0.717, 1.165) is 12.1 Å². The van der Waals surface area contributed by atoms with Crippen molar-refractivity contribution in [3.05, 3.63) is 47.4 Å². The number of aromatic nitrogens is 1. The van der Waals surface area contributed by atoms with Gasteiger partial charge >= 0.3 is 5.97 Å². The highest BCUT2D eigenvalue weighted by Crippen LogP contribution is 2.29. The molecule has 2 aromatic rings. The monoisotopic (exact) mass is 340 g/mol. The van der Waals surface area contributed by atoms with Crippen molar-refractivity contribution in [1.29, 1.82) is 0 Å². The molecule has 2 rings (SSSR count). The van der Waals surface area contributed by atoms with Gasteiger partial charge in [0.15, 0.2) is 5.03 Å². The molecule has 0 spiro atoms. The normalized spacial score (nSPS) is 11.1. The SMILES string of the molecule is COc1cc(C(=O)O)c(F)cc1NS(=O)(=O)c1cccc(C)n1. The van der Waals surface area contributed by atoms with Gasteiger partial charge in [0, 0.05) is 11.8 Å². The molecule has 23 heavy (non-hydrogen) atoms. The molecule has 9 heteroatoms. The number of pyridine rings is 1. The molecule has 0 aliphatic rings. The summed E-state index contributed by atoms with van der Waals surface area (Å²) in [6.45, 7) is 1.63. The van der Waals surface area contributed by atoms with Crippen LogP contribution in [0.1, 0.15) is 16.1 Å². The first kappa shape index (κ1) is 16.7. The molecule has 1 aromatic heterocycles. The molecule has 1 aromatic carbocycles. The number of carboxylic acids is 1. The average Bonchev–Trinajstić information content (AvgIpc) is 2.46. The molecule has 122 valence electrons. The van der Waals surface area contributed by atoms with E-state index in [0.29, 0.717) is 5.69 Å². The Morgan fingerprint density at radius 2 is 2.04 bits per heavy atom. The van der Waals surface area contributed by atoms with Gasteiger partial charge < -0.3 is 9.84 Å². The van der Waals surface area contributed by atoms with E-state index in [2.05, 4.69) is 9.71 Å². The molecular weight excluding hydrogens is 327 g/mol. The molecule has 0 saturated heterocycles. The predicted molar refractivity (Wildman–Crippen MR) is 79.7 cm³/mol. The summed E-state index contributed by atoms with van der Waals surface area (Å²) >= 11 is 0. The molecule has 0 aliphatic carbocycles. The predicted octanol–water partition coefficient (Wildman–Crippen LogP) is 2.04. The second-order valence-electron chi connectivity index (χ2n) is 4.56. The van der Waals surface area contributed by atoms with E-state index in [9.17, 15) is 17.6 Å². The summed E-state index contributed by atoms with van der Waals surface area (Å²) in [6, 6.07) is 6.07. The van der Waals surface area contributed by atoms with Gasteiger partial charge in [0.1, 0.15) is 11.6 Å². The van der Waals surface area contributed by atoms with Gasteiger partial charge in [-0.25, -0.2) is 14.2 Å². The summed E-state index contributed by atoms with van der Waals surface area (Å²) in [5.41, 5.74) is -0.357. The summed E-state index contributed by atoms with van der Waals surface area (Å²) in [7, 11) is -2.86. The molecular formula is C14H13FN2O5S. The molecule has 0 fully saturated rings. The standard InChI is InChI=1S/C14H13FN2O5S/c1-8-4-3-5-13(16-8)23(20,21)17-11-7-10(15)9(14(18)19)6-12(11)22-2/h3-7,17H,1-2H3,(H,18,19). The van der Waals surface area contributed by atoms with Crippen molar-refractivity contribution in [3.63, 3.8) is 0 Å². The highest BCUT2D eigenvalue weighted by atomic mass is 32.2. The fraction of sp³-hybridized carbons (Fsp3) is 0.143. The van der Waals surface area contributed by atoms with Crippen LogP contribution in [-0.2, 0) is 10.0 Å². The van der Waals surface area contributed by atoms with E-state index < -0.39 is 27.4 Å². The van der Waals surface area contributed by atoms with Gasteiger partial charge in [0.05, 0.1) is 18.4 Å². The topological polar surface area (TPSA) is 106 Å². The Bertz CT molecular complexity index is 867. The van der Waals surface area contributed by atoms with Crippen molar-refractivity contribution in [2.75, 3.05) is 11.8 Å². The number of rotatable bonds is 5. The Morgan fingerprint density at radius 1 is 1.35 bits per heavy atom. The van der Waals surface area contributed by atoms with Crippen LogP contribution in [0, 0.1) is 12.7 Å². The number of nitrogens with one attached hydrogen (secondary N) is 1. The Balaban J connectivity index is 2.47. The highest BCUT2D eigenvalue weighted by Gasteiger charge is 2.21. The molecule has 0 radical (unpaired) electrons. The van der Waals surface area contributed by atoms with E-state index >= 15 is 0 Å². The largest absolute Gasteiger partial charge is 0.495 e. The van der Waals surface area contributed by atoms with Gasteiger partial charge in [-0.15, -0.1) is 0 Å². The Hall–Kier alpha value is -2.68. The van der Waals surface area contributed by atoms with Crippen LogP contribution < -0.4 is 9.46 Å². The van der Waals surface area contributed by atoms with Crippen LogP contribution in [0.5, 0.6) is 5.75 Å².